The SMILES string of the molecule is Cc1nccn1CC1CCCN1c1ncc(Cl)cc1[N+](=O)[O-]. The van der Waals surface area contributed by atoms with Crippen LogP contribution in [0.2, 0.25) is 5.02 Å². The van der Waals surface area contributed by atoms with E-state index in [1.165, 1.54) is 12.3 Å². The normalized spacial score (nSPS) is 17.9. The smallest absolute Gasteiger partial charge is 0.313 e. The molecule has 0 N–H and O–H groups in total. The van der Waals surface area contributed by atoms with Crippen molar-refractivity contribution in [2.24, 2.45) is 0 Å². The lowest BCUT2D eigenvalue weighted by Crippen LogP contribution is -2.34. The van der Waals surface area contributed by atoms with Gasteiger partial charge in [-0.15, -0.1) is 0 Å². The number of imidazole rings is 1. The molecule has 1 fully saturated rings. The van der Waals surface area contributed by atoms with E-state index in [-0.39, 0.29) is 16.8 Å². The lowest BCUT2D eigenvalue weighted by Gasteiger charge is -2.26. The Bertz CT molecular complexity index is 702. The second-order valence-corrected chi connectivity index (χ2v) is 5.81. The van der Waals surface area contributed by atoms with Gasteiger partial charge in [-0.25, -0.2) is 9.97 Å². The minimum atomic E-state index is -0.425. The zero-order chi connectivity index (χ0) is 15.7. The Morgan fingerprint density at radius 1 is 1.50 bits per heavy atom. The van der Waals surface area contributed by atoms with Gasteiger partial charge in [-0.3, -0.25) is 10.1 Å². The Balaban J connectivity index is 1.90. The maximum atomic E-state index is 11.3. The predicted molar refractivity (Wildman–Crippen MR) is 83.2 cm³/mol. The molecule has 1 aliphatic heterocycles. The summed E-state index contributed by atoms with van der Waals surface area (Å²) in [4.78, 5) is 21.3. The van der Waals surface area contributed by atoms with Gasteiger partial charge in [-0.05, 0) is 19.8 Å². The van der Waals surface area contributed by atoms with Crippen molar-refractivity contribution in [1.82, 2.24) is 14.5 Å². The van der Waals surface area contributed by atoms with Crippen molar-refractivity contribution in [2.75, 3.05) is 11.4 Å². The van der Waals surface area contributed by atoms with Gasteiger partial charge in [0, 0.05) is 43.8 Å². The van der Waals surface area contributed by atoms with E-state index in [2.05, 4.69) is 14.5 Å². The van der Waals surface area contributed by atoms with Gasteiger partial charge in [-0.2, -0.15) is 0 Å². The van der Waals surface area contributed by atoms with Gasteiger partial charge in [0.15, 0.2) is 0 Å². The highest BCUT2D eigenvalue weighted by atomic mass is 35.5. The first-order valence-electron chi connectivity index (χ1n) is 7.10. The molecule has 2 aromatic heterocycles. The van der Waals surface area contributed by atoms with Crippen LogP contribution in [0.25, 0.3) is 0 Å². The standard InChI is InChI=1S/C14H16ClN5O2/c1-10-16-4-6-18(10)9-12-3-2-5-19(12)14-13(20(21)22)7-11(15)8-17-14/h4,6-8,12H,2-3,5,9H2,1H3. The molecule has 1 unspecified atom stereocenters. The van der Waals surface area contributed by atoms with Gasteiger partial charge in [0.1, 0.15) is 5.82 Å². The topological polar surface area (TPSA) is 77.1 Å². The summed E-state index contributed by atoms with van der Waals surface area (Å²) >= 11 is 5.84. The third kappa shape index (κ3) is 2.76. The molecule has 22 heavy (non-hydrogen) atoms. The number of halogens is 1. The molecule has 0 spiro atoms. The molecule has 0 saturated carbocycles. The Labute approximate surface area is 132 Å². The van der Waals surface area contributed by atoms with Crippen LogP contribution >= 0.6 is 11.6 Å². The molecule has 0 aliphatic carbocycles. The molecule has 3 rings (SSSR count). The molecule has 1 atom stereocenters. The number of rotatable bonds is 4. The number of nitro groups is 1. The van der Waals surface area contributed by atoms with Crippen LogP contribution in [0.15, 0.2) is 24.7 Å². The molecular formula is C14H16ClN5O2. The van der Waals surface area contributed by atoms with Gasteiger partial charge in [0.25, 0.3) is 0 Å². The predicted octanol–water partition coefficient (Wildman–Crippen LogP) is 2.82. The molecule has 0 bridgehead atoms. The van der Waals surface area contributed by atoms with E-state index in [0.717, 1.165) is 31.8 Å². The lowest BCUT2D eigenvalue weighted by molar-refractivity contribution is -0.384. The Kier molecular flexibility index (Phi) is 3.98. The Morgan fingerprint density at radius 3 is 3.00 bits per heavy atom. The van der Waals surface area contributed by atoms with Crippen molar-refractivity contribution in [1.29, 1.82) is 0 Å². The molecule has 3 heterocycles. The van der Waals surface area contributed by atoms with Crippen LogP contribution in [0.4, 0.5) is 11.5 Å². The first kappa shape index (κ1) is 14.8. The Morgan fingerprint density at radius 2 is 2.32 bits per heavy atom. The maximum absolute atomic E-state index is 11.3. The molecule has 8 heteroatoms. The number of aromatic nitrogens is 3. The lowest BCUT2D eigenvalue weighted by atomic mass is 10.2. The van der Waals surface area contributed by atoms with Crippen LogP contribution < -0.4 is 4.90 Å². The van der Waals surface area contributed by atoms with E-state index in [1.54, 1.807) is 6.20 Å². The number of pyridine rings is 1. The molecule has 1 saturated heterocycles. The maximum Gasteiger partial charge on any atom is 0.313 e. The molecule has 2 aromatic rings. The zero-order valence-electron chi connectivity index (χ0n) is 12.1. The average molecular weight is 322 g/mol. The summed E-state index contributed by atoms with van der Waals surface area (Å²) in [5.41, 5.74) is -0.0400. The minimum absolute atomic E-state index is 0.0400. The van der Waals surface area contributed by atoms with Gasteiger partial charge in [-0.1, -0.05) is 11.6 Å². The van der Waals surface area contributed by atoms with Crippen LogP contribution in [0.5, 0.6) is 0 Å². The minimum Gasteiger partial charge on any atom is -0.346 e. The first-order chi connectivity index (χ1) is 10.6. The quantitative estimate of drug-likeness (QED) is 0.639. The fraction of sp³-hybridized carbons (Fsp3) is 0.429. The van der Waals surface area contributed by atoms with E-state index in [1.807, 2.05) is 18.0 Å². The summed E-state index contributed by atoms with van der Waals surface area (Å²) in [5, 5.41) is 11.5. The summed E-state index contributed by atoms with van der Waals surface area (Å²) in [6, 6.07) is 1.53. The second-order valence-electron chi connectivity index (χ2n) is 5.37. The zero-order valence-corrected chi connectivity index (χ0v) is 12.9. The first-order valence-corrected chi connectivity index (χ1v) is 7.48. The van der Waals surface area contributed by atoms with Crippen LogP contribution in [0.3, 0.4) is 0 Å². The average Bonchev–Trinajstić information content (AvgIpc) is 3.09. The highest BCUT2D eigenvalue weighted by Gasteiger charge is 2.31. The summed E-state index contributed by atoms with van der Waals surface area (Å²) in [7, 11) is 0. The summed E-state index contributed by atoms with van der Waals surface area (Å²) in [6.45, 7) is 3.45. The third-order valence-corrected chi connectivity index (χ3v) is 4.20. The van der Waals surface area contributed by atoms with Gasteiger partial charge in [0.2, 0.25) is 5.82 Å². The third-order valence-electron chi connectivity index (χ3n) is 3.99. The van der Waals surface area contributed by atoms with Crippen molar-refractivity contribution in [3.63, 3.8) is 0 Å². The van der Waals surface area contributed by atoms with Crippen LogP contribution in [-0.2, 0) is 6.54 Å². The van der Waals surface area contributed by atoms with Gasteiger partial charge in [0.05, 0.1) is 9.95 Å². The van der Waals surface area contributed by atoms with E-state index in [9.17, 15) is 10.1 Å². The summed E-state index contributed by atoms with van der Waals surface area (Å²) < 4.78 is 2.06. The Hall–Kier alpha value is -2.15. The molecule has 0 amide bonds. The summed E-state index contributed by atoms with van der Waals surface area (Å²) in [5.74, 6) is 1.33. The van der Waals surface area contributed by atoms with Crippen LogP contribution in [0, 0.1) is 17.0 Å². The molecule has 1 aliphatic rings. The number of aryl methyl sites for hydroxylation is 1. The number of anilines is 1. The van der Waals surface area contributed by atoms with E-state index in [4.69, 9.17) is 11.6 Å². The highest BCUT2D eigenvalue weighted by Crippen LogP contribution is 2.33. The van der Waals surface area contributed by atoms with Gasteiger partial charge >= 0.3 is 5.69 Å². The largest absolute Gasteiger partial charge is 0.346 e. The second kappa shape index (κ2) is 5.92. The van der Waals surface area contributed by atoms with Crippen LogP contribution in [0.1, 0.15) is 18.7 Å². The van der Waals surface area contributed by atoms with Crippen molar-refractivity contribution in [2.45, 2.75) is 32.4 Å². The fourth-order valence-corrected chi connectivity index (χ4v) is 3.06. The van der Waals surface area contributed by atoms with E-state index >= 15 is 0 Å². The van der Waals surface area contributed by atoms with Crippen LogP contribution in [-0.4, -0.2) is 32.0 Å². The number of hydrogen-bond acceptors (Lipinski definition) is 5. The number of hydrogen-bond donors (Lipinski definition) is 0. The van der Waals surface area contributed by atoms with Crippen molar-refractivity contribution in [3.8, 4) is 0 Å². The van der Waals surface area contributed by atoms with Crippen molar-refractivity contribution in [3.05, 3.63) is 45.6 Å². The summed E-state index contributed by atoms with van der Waals surface area (Å²) in [6.07, 6.45) is 7.10. The molecule has 0 radical (unpaired) electrons. The van der Waals surface area contributed by atoms with E-state index in [0.29, 0.717) is 5.82 Å². The number of nitrogens with zero attached hydrogens (tertiary/aromatic N) is 5. The van der Waals surface area contributed by atoms with E-state index < -0.39 is 4.92 Å². The fourth-order valence-electron chi connectivity index (χ4n) is 2.91. The molecular weight excluding hydrogens is 306 g/mol. The highest BCUT2D eigenvalue weighted by molar-refractivity contribution is 6.30. The van der Waals surface area contributed by atoms with Gasteiger partial charge < -0.3 is 9.47 Å². The molecule has 0 aromatic carbocycles. The monoisotopic (exact) mass is 321 g/mol. The van der Waals surface area contributed by atoms with Crippen molar-refractivity contribution < 1.29 is 4.92 Å². The van der Waals surface area contributed by atoms with Crippen molar-refractivity contribution >= 4 is 23.1 Å². The molecule has 116 valence electrons. The molecule has 7 nitrogen and oxygen atoms in total.